The van der Waals surface area contributed by atoms with Gasteiger partial charge in [0, 0.05) is 36.8 Å². The summed E-state index contributed by atoms with van der Waals surface area (Å²) in [4.78, 5) is 15.0. The molecule has 1 aromatic rings. The molecule has 0 aliphatic carbocycles. The molecule has 0 saturated carbocycles. The quantitative estimate of drug-likeness (QED) is 0.830. The van der Waals surface area contributed by atoms with Gasteiger partial charge >= 0.3 is 0 Å². The highest BCUT2D eigenvalue weighted by molar-refractivity contribution is 9.10. The number of amides is 1. The fourth-order valence-electron chi connectivity index (χ4n) is 3.42. The predicted molar refractivity (Wildman–Crippen MR) is 96.5 cm³/mol. The number of carbonyl (C=O) groups excluding carboxylic acids is 1. The Balaban J connectivity index is 1.49. The van der Waals surface area contributed by atoms with Crippen molar-refractivity contribution >= 4 is 21.8 Å². The van der Waals surface area contributed by atoms with Crippen LogP contribution in [0.2, 0.25) is 0 Å². The molecule has 1 unspecified atom stereocenters. The highest BCUT2D eigenvalue weighted by Crippen LogP contribution is 2.23. The van der Waals surface area contributed by atoms with E-state index in [4.69, 9.17) is 9.47 Å². The van der Waals surface area contributed by atoms with Gasteiger partial charge in [-0.2, -0.15) is 0 Å². The van der Waals surface area contributed by atoms with Crippen LogP contribution in [-0.2, 0) is 4.74 Å². The zero-order chi connectivity index (χ0) is 16.9. The minimum absolute atomic E-state index is 0.0385. The van der Waals surface area contributed by atoms with Crippen LogP contribution in [0.25, 0.3) is 0 Å². The van der Waals surface area contributed by atoms with Crippen molar-refractivity contribution in [2.45, 2.75) is 25.3 Å². The maximum absolute atomic E-state index is 12.5. The molecule has 5 nitrogen and oxygen atoms in total. The molecule has 2 heterocycles. The van der Waals surface area contributed by atoms with Gasteiger partial charge < -0.3 is 19.7 Å². The number of ether oxygens (including phenoxy) is 2. The summed E-state index contributed by atoms with van der Waals surface area (Å²) >= 11 is 3.45. The molecular formula is C18H25BrN2O3. The highest BCUT2D eigenvalue weighted by atomic mass is 79.9. The van der Waals surface area contributed by atoms with Gasteiger partial charge in [0.15, 0.2) is 0 Å². The van der Waals surface area contributed by atoms with E-state index in [0.717, 1.165) is 50.2 Å². The molecule has 0 radical (unpaired) electrons. The fraction of sp³-hybridized carbons (Fsp3) is 0.611. The second-order valence-electron chi connectivity index (χ2n) is 6.62. The molecule has 3 rings (SSSR count). The minimum Gasteiger partial charge on any atom is -0.497 e. The number of nitrogens with zero attached hydrogens (tertiary/aromatic N) is 1. The van der Waals surface area contributed by atoms with Crippen molar-refractivity contribution in [2.75, 3.05) is 40.0 Å². The zero-order valence-corrected chi connectivity index (χ0v) is 15.7. The molecule has 1 aromatic carbocycles. The monoisotopic (exact) mass is 396 g/mol. The summed E-state index contributed by atoms with van der Waals surface area (Å²) in [5.41, 5.74) is 0.625. The van der Waals surface area contributed by atoms with Crippen molar-refractivity contribution in [2.24, 2.45) is 5.92 Å². The first-order chi connectivity index (χ1) is 11.7. The highest BCUT2D eigenvalue weighted by Gasteiger charge is 2.25. The number of piperidine rings is 1. The minimum atomic E-state index is -0.0385. The first kappa shape index (κ1) is 17.7. The number of rotatable bonds is 5. The molecule has 1 atom stereocenters. The lowest BCUT2D eigenvalue weighted by Gasteiger charge is -2.33. The van der Waals surface area contributed by atoms with Crippen LogP contribution in [0.3, 0.4) is 0 Å². The summed E-state index contributed by atoms with van der Waals surface area (Å²) in [6.45, 7) is 5.02. The van der Waals surface area contributed by atoms with Gasteiger partial charge in [0.1, 0.15) is 5.75 Å². The number of nitrogens with one attached hydrogen (secondary N) is 1. The average Bonchev–Trinajstić information content (AvgIpc) is 3.10. The molecule has 0 bridgehead atoms. The Hall–Kier alpha value is -1.11. The van der Waals surface area contributed by atoms with Crippen LogP contribution >= 0.6 is 15.9 Å². The molecule has 1 N–H and O–H groups in total. The summed E-state index contributed by atoms with van der Waals surface area (Å²) in [7, 11) is 1.61. The largest absolute Gasteiger partial charge is 0.497 e. The van der Waals surface area contributed by atoms with Crippen molar-refractivity contribution in [3.05, 3.63) is 28.2 Å². The molecule has 0 spiro atoms. The van der Waals surface area contributed by atoms with Gasteiger partial charge in [-0.1, -0.05) is 0 Å². The van der Waals surface area contributed by atoms with Crippen molar-refractivity contribution in [3.8, 4) is 5.75 Å². The second-order valence-corrected chi connectivity index (χ2v) is 7.48. The summed E-state index contributed by atoms with van der Waals surface area (Å²) in [6.07, 6.45) is 3.18. The van der Waals surface area contributed by atoms with Crippen LogP contribution in [0.5, 0.6) is 5.75 Å². The molecule has 6 heteroatoms. The average molecular weight is 397 g/mol. The smallest absolute Gasteiger partial charge is 0.252 e. The number of hydrogen-bond donors (Lipinski definition) is 1. The third-order valence-electron chi connectivity index (χ3n) is 4.88. The molecule has 0 aromatic heterocycles. The van der Waals surface area contributed by atoms with E-state index in [1.165, 1.54) is 6.42 Å². The Bertz CT molecular complexity index is 567. The molecule has 2 saturated heterocycles. The van der Waals surface area contributed by atoms with E-state index in [2.05, 4.69) is 26.1 Å². The van der Waals surface area contributed by atoms with Crippen molar-refractivity contribution in [1.29, 1.82) is 0 Å². The lowest BCUT2D eigenvalue weighted by atomic mass is 10.0. The van der Waals surface area contributed by atoms with Crippen LogP contribution < -0.4 is 10.1 Å². The number of carbonyl (C=O) groups is 1. The van der Waals surface area contributed by atoms with Gasteiger partial charge in [0.05, 0.1) is 19.3 Å². The normalized spacial score (nSPS) is 22.5. The van der Waals surface area contributed by atoms with Crippen molar-refractivity contribution in [3.63, 3.8) is 0 Å². The summed E-state index contributed by atoms with van der Waals surface area (Å²) in [5, 5.41) is 3.17. The van der Waals surface area contributed by atoms with E-state index in [1.807, 2.05) is 12.1 Å². The Kier molecular flexibility index (Phi) is 6.14. The number of methoxy groups -OCH3 is 1. The molecular weight excluding hydrogens is 372 g/mol. The molecule has 2 aliphatic heterocycles. The Morgan fingerprint density at radius 3 is 2.83 bits per heavy atom. The Morgan fingerprint density at radius 2 is 2.17 bits per heavy atom. The van der Waals surface area contributed by atoms with Crippen molar-refractivity contribution in [1.82, 2.24) is 10.2 Å². The summed E-state index contributed by atoms with van der Waals surface area (Å²) < 4.78 is 11.5. The van der Waals surface area contributed by atoms with Crippen LogP contribution in [0.15, 0.2) is 22.7 Å². The zero-order valence-electron chi connectivity index (χ0n) is 14.1. The van der Waals surface area contributed by atoms with Crippen LogP contribution in [0, 0.1) is 5.92 Å². The topological polar surface area (TPSA) is 50.8 Å². The predicted octanol–water partition coefficient (Wildman–Crippen LogP) is 2.69. The lowest BCUT2D eigenvalue weighted by Crippen LogP contribution is -2.45. The molecule has 2 fully saturated rings. The van der Waals surface area contributed by atoms with Crippen LogP contribution in [0.1, 0.15) is 29.6 Å². The number of benzene rings is 1. The van der Waals surface area contributed by atoms with Gasteiger partial charge in [-0.3, -0.25) is 4.79 Å². The fourth-order valence-corrected chi connectivity index (χ4v) is 3.85. The standard InChI is InChI=1S/C18H25BrN2O3/c1-23-15-2-3-17(19)16(10-15)18(22)20-14-4-7-21(8-5-14)11-13-6-9-24-12-13/h2-3,10,13-14H,4-9,11-12H2,1H3,(H,20,22). The molecule has 2 aliphatic rings. The number of likely N-dealkylation sites (tertiary alicyclic amines) is 1. The maximum Gasteiger partial charge on any atom is 0.252 e. The van der Waals surface area contributed by atoms with Gasteiger partial charge in [0.25, 0.3) is 5.91 Å². The molecule has 132 valence electrons. The molecule has 1 amide bonds. The second kappa shape index (κ2) is 8.32. The van der Waals surface area contributed by atoms with E-state index >= 15 is 0 Å². The third-order valence-corrected chi connectivity index (χ3v) is 5.57. The van der Waals surface area contributed by atoms with Gasteiger partial charge in [0.2, 0.25) is 0 Å². The van der Waals surface area contributed by atoms with E-state index < -0.39 is 0 Å². The summed E-state index contributed by atoms with van der Waals surface area (Å²) in [5.74, 6) is 1.34. The summed E-state index contributed by atoms with van der Waals surface area (Å²) in [6, 6.07) is 5.70. The maximum atomic E-state index is 12.5. The van der Waals surface area contributed by atoms with E-state index in [0.29, 0.717) is 17.2 Å². The first-order valence-corrected chi connectivity index (χ1v) is 9.39. The first-order valence-electron chi connectivity index (χ1n) is 8.60. The van der Waals surface area contributed by atoms with E-state index in [9.17, 15) is 4.79 Å². The third kappa shape index (κ3) is 4.49. The van der Waals surface area contributed by atoms with E-state index in [1.54, 1.807) is 13.2 Å². The number of halogens is 1. The van der Waals surface area contributed by atoms with Gasteiger partial charge in [-0.15, -0.1) is 0 Å². The number of hydrogen-bond acceptors (Lipinski definition) is 4. The van der Waals surface area contributed by atoms with Gasteiger partial charge in [-0.05, 0) is 59.3 Å². The molecule has 24 heavy (non-hydrogen) atoms. The Morgan fingerprint density at radius 1 is 1.38 bits per heavy atom. The van der Waals surface area contributed by atoms with Crippen molar-refractivity contribution < 1.29 is 14.3 Å². The van der Waals surface area contributed by atoms with Gasteiger partial charge in [-0.25, -0.2) is 0 Å². The van der Waals surface area contributed by atoms with E-state index in [-0.39, 0.29) is 11.9 Å². The van der Waals surface area contributed by atoms with Crippen LogP contribution in [0.4, 0.5) is 0 Å². The SMILES string of the molecule is COc1ccc(Br)c(C(=O)NC2CCN(CC3CCOC3)CC2)c1. The Labute approximate surface area is 151 Å². The lowest BCUT2D eigenvalue weighted by molar-refractivity contribution is 0.0902. The van der Waals surface area contributed by atoms with Crippen LogP contribution in [-0.4, -0.2) is 56.8 Å².